The van der Waals surface area contributed by atoms with E-state index in [1.807, 2.05) is 0 Å². The molecule has 1 aromatic heterocycles. The van der Waals surface area contributed by atoms with Crippen LogP contribution in [-0.4, -0.2) is 24.7 Å². The van der Waals surface area contributed by atoms with E-state index in [1.165, 1.54) is 12.7 Å². The summed E-state index contributed by atoms with van der Waals surface area (Å²) in [7, 11) is 1.60. The number of carbonyl (C=O) groups excluding carboxylic acids is 1. The van der Waals surface area contributed by atoms with Crippen LogP contribution in [0.1, 0.15) is 41.4 Å². The van der Waals surface area contributed by atoms with Crippen molar-refractivity contribution in [2.75, 3.05) is 13.6 Å². The number of carbonyl (C=O) groups is 1. The summed E-state index contributed by atoms with van der Waals surface area (Å²) >= 11 is 0. The molecule has 0 bridgehead atoms. The Morgan fingerprint density at radius 2 is 2.53 bits per heavy atom. The summed E-state index contributed by atoms with van der Waals surface area (Å²) < 4.78 is 4.87. The van der Waals surface area contributed by atoms with Gasteiger partial charge in [-0.2, -0.15) is 0 Å². The SMILES string of the molecule is CNC(=O)c1conc1C1CCCCN1. The first kappa shape index (κ1) is 10.2. The third kappa shape index (κ3) is 2.02. The van der Waals surface area contributed by atoms with Gasteiger partial charge in [-0.1, -0.05) is 11.6 Å². The molecule has 1 aliphatic heterocycles. The second kappa shape index (κ2) is 4.44. The molecule has 0 aromatic carbocycles. The molecule has 2 heterocycles. The maximum atomic E-state index is 11.5. The standard InChI is InChI=1S/C10H15N3O2/c1-11-10(14)7-6-15-13-9(7)8-4-2-3-5-12-8/h6,8,12H,2-5H2,1H3,(H,11,14). The van der Waals surface area contributed by atoms with Gasteiger partial charge in [0.2, 0.25) is 0 Å². The molecule has 0 saturated carbocycles. The van der Waals surface area contributed by atoms with Gasteiger partial charge in [0.15, 0.2) is 0 Å². The van der Waals surface area contributed by atoms with Crippen molar-refractivity contribution in [3.63, 3.8) is 0 Å². The van der Waals surface area contributed by atoms with Gasteiger partial charge in [0, 0.05) is 7.05 Å². The highest BCUT2D eigenvalue weighted by Gasteiger charge is 2.24. The molecule has 0 spiro atoms. The average molecular weight is 209 g/mol. The zero-order valence-corrected chi connectivity index (χ0v) is 8.75. The van der Waals surface area contributed by atoms with Crippen molar-refractivity contribution >= 4 is 5.91 Å². The molecule has 1 atom stereocenters. The summed E-state index contributed by atoms with van der Waals surface area (Å²) in [6.45, 7) is 0.977. The predicted octanol–water partition coefficient (Wildman–Crippen LogP) is 0.849. The average Bonchev–Trinajstić information content (AvgIpc) is 2.78. The second-order valence-corrected chi connectivity index (χ2v) is 3.70. The molecule has 5 nitrogen and oxygen atoms in total. The molecule has 1 aliphatic rings. The largest absolute Gasteiger partial charge is 0.364 e. The number of nitrogens with zero attached hydrogens (tertiary/aromatic N) is 1. The Morgan fingerprint density at radius 1 is 1.67 bits per heavy atom. The number of rotatable bonds is 2. The Morgan fingerprint density at radius 3 is 3.20 bits per heavy atom. The molecule has 2 N–H and O–H groups in total. The van der Waals surface area contributed by atoms with Gasteiger partial charge in [-0.25, -0.2) is 0 Å². The topological polar surface area (TPSA) is 67.2 Å². The molecule has 0 radical (unpaired) electrons. The lowest BCUT2D eigenvalue weighted by Gasteiger charge is -2.21. The first-order valence-electron chi connectivity index (χ1n) is 5.22. The van der Waals surface area contributed by atoms with Gasteiger partial charge >= 0.3 is 0 Å². The van der Waals surface area contributed by atoms with Crippen molar-refractivity contribution in [1.82, 2.24) is 15.8 Å². The highest BCUT2D eigenvalue weighted by Crippen LogP contribution is 2.24. The summed E-state index contributed by atoms with van der Waals surface area (Å²) in [4.78, 5) is 11.5. The van der Waals surface area contributed by atoms with Crippen molar-refractivity contribution in [2.24, 2.45) is 0 Å². The second-order valence-electron chi connectivity index (χ2n) is 3.70. The van der Waals surface area contributed by atoms with Crippen LogP contribution in [0.3, 0.4) is 0 Å². The van der Waals surface area contributed by atoms with Gasteiger partial charge in [-0.15, -0.1) is 0 Å². The first-order chi connectivity index (χ1) is 7.33. The highest BCUT2D eigenvalue weighted by molar-refractivity contribution is 5.94. The van der Waals surface area contributed by atoms with Crippen LogP contribution in [-0.2, 0) is 0 Å². The van der Waals surface area contributed by atoms with Crippen LogP contribution in [0.4, 0.5) is 0 Å². The Kier molecular flexibility index (Phi) is 3.01. The van der Waals surface area contributed by atoms with Crippen molar-refractivity contribution in [2.45, 2.75) is 25.3 Å². The third-order valence-corrected chi connectivity index (χ3v) is 2.71. The molecule has 1 unspecified atom stereocenters. The summed E-state index contributed by atoms with van der Waals surface area (Å²) in [6.07, 6.45) is 4.77. The van der Waals surface area contributed by atoms with Gasteiger partial charge in [0.05, 0.1) is 6.04 Å². The molecular weight excluding hydrogens is 194 g/mol. The van der Waals surface area contributed by atoms with Crippen LogP contribution in [0.15, 0.2) is 10.8 Å². The number of amides is 1. The van der Waals surface area contributed by atoms with E-state index < -0.39 is 0 Å². The van der Waals surface area contributed by atoms with E-state index in [2.05, 4.69) is 15.8 Å². The number of hydrogen-bond acceptors (Lipinski definition) is 4. The van der Waals surface area contributed by atoms with Crippen molar-refractivity contribution in [1.29, 1.82) is 0 Å². The fourth-order valence-corrected chi connectivity index (χ4v) is 1.89. The highest BCUT2D eigenvalue weighted by atomic mass is 16.5. The zero-order valence-electron chi connectivity index (χ0n) is 8.75. The minimum atomic E-state index is -0.140. The Balaban J connectivity index is 2.19. The van der Waals surface area contributed by atoms with E-state index in [0.717, 1.165) is 25.1 Å². The van der Waals surface area contributed by atoms with E-state index in [1.54, 1.807) is 7.05 Å². The molecule has 1 fully saturated rings. The molecule has 1 aromatic rings. The fourth-order valence-electron chi connectivity index (χ4n) is 1.89. The van der Waals surface area contributed by atoms with Gasteiger partial charge in [-0.05, 0) is 19.4 Å². The molecule has 0 aliphatic carbocycles. The minimum absolute atomic E-state index is 0.140. The van der Waals surface area contributed by atoms with Crippen molar-refractivity contribution < 1.29 is 9.32 Å². The molecule has 82 valence electrons. The number of nitrogens with one attached hydrogen (secondary N) is 2. The van der Waals surface area contributed by atoms with Crippen LogP contribution in [0.25, 0.3) is 0 Å². The van der Waals surface area contributed by atoms with Gasteiger partial charge in [0.25, 0.3) is 5.91 Å². The molecule has 15 heavy (non-hydrogen) atoms. The maximum Gasteiger partial charge on any atom is 0.256 e. The molecule has 1 amide bonds. The number of hydrogen-bond donors (Lipinski definition) is 2. The minimum Gasteiger partial charge on any atom is -0.364 e. The van der Waals surface area contributed by atoms with E-state index >= 15 is 0 Å². The number of aromatic nitrogens is 1. The zero-order chi connectivity index (χ0) is 10.7. The lowest BCUT2D eigenvalue weighted by Crippen LogP contribution is -2.29. The van der Waals surface area contributed by atoms with Gasteiger partial charge in [-0.3, -0.25) is 4.79 Å². The number of piperidine rings is 1. The van der Waals surface area contributed by atoms with Crippen molar-refractivity contribution in [3.05, 3.63) is 17.5 Å². The van der Waals surface area contributed by atoms with E-state index in [0.29, 0.717) is 5.56 Å². The van der Waals surface area contributed by atoms with E-state index in [-0.39, 0.29) is 11.9 Å². The van der Waals surface area contributed by atoms with Crippen LogP contribution in [0, 0.1) is 0 Å². The van der Waals surface area contributed by atoms with Crippen molar-refractivity contribution in [3.8, 4) is 0 Å². The quantitative estimate of drug-likeness (QED) is 0.757. The normalized spacial score (nSPS) is 21.3. The lowest BCUT2D eigenvalue weighted by atomic mass is 9.99. The van der Waals surface area contributed by atoms with E-state index in [4.69, 9.17) is 4.52 Å². The monoisotopic (exact) mass is 209 g/mol. The van der Waals surface area contributed by atoms with Crippen LogP contribution in [0.2, 0.25) is 0 Å². The Bertz CT molecular complexity index is 342. The van der Waals surface area contributed by atoms with Crippen LogP contribution < -0.4 is 10.6 Å². The summed E-state index contributed by atoms with van der Waals surface area (Å²) in [5.41, 5.74) is 1.27. The Hall–Kier alpha value is -1.36. The van der Waals surface area contributed by atoms with Crippen LogP contribution in [0.5, 0.6) is 0 Å². The summed E-state index contributed by atoms with van der Waals surface area (Å²) in [5.74, 6) is -0.140. The fraction of sp³-hybridized carbons (Fsp3) is 0.600. The third-order valence-electron chi connectivity index (χ3n) is 2.71. The van der Waals surface area contributed by atoms with E-state index in [9.17, 15) is 4.79 Å². The summed E-state index contributed by atoms with van der Waals surface area (Å²) in [6, 6.07) is 0.157. The first-order valence-corrected chi connectivity index (χ1v) is 5.22. The van der Waals surface area contributed by atoms with Crippen LogP contribution >= 0.6 is 0 Å². The molecular formula is C10H15N3O2. The molecule has 2 rings (SSSR count). The molecule has 1 saturated heterocycles. The molecule has 5 heteroatoms. The lowest BCUT2D eigenvalue weighted by molar-refractivity contribution is 0.0960. The van der Waals surface area contributed by atoms with Gasteiger partial charge in [0.1, 0.15) is 17.5 Å². The predicted molar refractivity (Wildman–Crippen MR) is 54.5 cm³/mol. The maximum absolute atomic E-state index is 11.5. The summed E-state index contributed by atoms with van der Waals surface area (Å²) in [5, 5.41) is 9.83. The Labute approximate surface area is 88.2 Å². The smallest absolute Gasteiger partial charge is 0.256 e. The van der Waals surface area contributed by atoms with Gasteiger partial charge < -0.3 is 15.2 Å².